The lowest BCUT2D eigenvalue weighted by Gasteiger charge is -2.42. The Balaban J connectivity index is 0.000000231. The van der Waals surface area contributed by atoms with Gasteiger partial charge < -0.3 is 15.3 Å². The van der Waals surface area contributed by atoms with Gasteiger partial charge in [-0.1, -0.05) is 197 Å². The summed E-state index contributed by atoms with van der Waals surface area (Å²) in [5.41, 5.74) is 11.3. The number of phenols is 3. The van der Waals surface area contributed by atoms with Crippen molar-refractivity contribution in [2.45, 2.75) is 151 Å². The molecule has 0 unspecified atom stereocenters. The summed E-state index contributed by atoms with van der Waals surface area (Å²) in [5, 5.41) is 34.0. The SMILES string of the molecule is Brc1cccc(Br)n1.CC(C)(C)P(c1ccccc1-c1ccccc1)C(C)(C)C.Cc1cc(-c2cccc(-c3cc(C)cc(C(C)(C)C)c3O)n2)c(O)c(C(C)(C)C)c1.Cc1cc(Br)c(O)c(C(C)(C)C)c1. The maximum absolute atomic E-state index is 11.0. The van der Waals surface area contributed by atoms with Crippen molar-refractivity contribution < 1.29 is 15.3 Å². The number of aryl methyl sites for hydroxylation is 3. The molecule has 2 heterocycles. The van der Waals surface area contributed by atoms with Crippen LogP contribution in [0.3, 0.4) is 0 Å². The van der Waals surface area contributed by atoms with E-state index in [2.05, 4.69) is 211 Å². The summed E-state index contributed by atoms with van der Waals surface area (Å²) in [6.45, 7) is 39.2. The smallest absolute Gasteiger partial charge is 0.133 e. The van der Waals surface area contributed by atoms with Crippen LogP contribution in [-0.2, 0) is 16.2 Å². The second-order valence-corrected chi connectivity index (χ2v) is 29.9. The molecule has 0 aliphatic heterocycles. The van der Waals surface area contributed by atoms with Gasteiger partial charge in [0.15, 0.2) is 0 Å². The molecule has 0 radical (unpaired) electrons. The molecule has 5 nitrogen and oxygen atoms in total. The predicted octanol–water partition coefficient (Wildman–Crippen LogP) is 19.5. The van der Waals surface area contributed by atoms with E-state index in [9.17, 15) is 15.3 Å². The van der Waals surface area contributed by atoms with Crippen molar-refractivity contribution in [1.29, 1.82) is 0 Å². The second kappa shape index (κ2) is 24.3. The molecule has 0 aliphatic carbocycles. The molecule has 0 fully saturated rings. The van der Waals surface area contributed by atoms with Gasteiger partial charge in [-0.15, -0.1) is 0 Å². The molecule has 72 heavy (non-hydrogen) atoms. The number of phenolic OH excluding ortho intramolecular Hbond substituents is 3. The van der Waals surface area contributed by atoms with Crippen LogP contribution in [0.25, 0.3) is 33.6 Å². The first-order valence-corrected chi connectivity index (χ1v) is 28.2. The van der Waals surface area contributed by atoms with Crippen molar-refractivity contribution in [3.8, 4) is 50.9 Å². The minimum absolute atomic E-state index is 0.0153. The molecule has 0 bridgehead atoms. The number of halogens is 3. The van der Waals surface area contributed by atoms with Gasteiger partial charge in [0.2, 0.25) is 0 Å². The van der Waals surface area contributed by atoms with E-state index >= 15 is 0 Å². The third kappa shape index (κ3) is 16.6. The average molecular weight is 1180 g/mol. The van der Waals surface area contributed by atoms with Crippen molar-refractivity contribution in [2.24, 2.45) is 0 Å². The summed E-state index contributed by atoms with van der Waals surface area (Å²) in [4.78, 5) is 8.85. The van der Waals surface area contributed by atoms with Gasteiger partial charge in [-0.3, -0.25) is 0 Å². The van der Waals surface area contributed by atoms with Crippen LogP contribution in [0.15, 0.2) is 141 Å². The Morgan fingerprint density at radius 2 is 0.764 bits per heavy atom. The Hall–Kier alpha value is -4.33. The van der Waals surface area contributed by atoms with Gasteiger partial charge in [0.05, 0.1) is 15.9 Å². The lowest BCUT2D eigenvalue weighted by molar-refractivity contribution is 0.443. The third-order valence-electron chi connectivity index (χ3n) is 11.7. The minimum Gasteiger partial charge on any atom is -0.507 e. The standard InChI is InChI=1S/C27H33NO2.C20H27P.C11H15BrO.C5H3Br2N/c1-16-12-18(24(29)20(14-16)26(3,4)5)22-10-9-11-23(28-22)19-13-17(2)15-21(25(19)30)27(6,7)8;1-19(2,3)21(20(4,5)6)18-15-11-10-14-17(18)16-12-8-7-9-13-16;1-7-5-8(11(2,3)4)10(13)9(12)6-7;6-4-2-1-3-5(7)8-4/h9-15,29-30H,1-8H3;7-15H,1-6H3;5-6,13H,1-4H3;1-3H. The highest BCUT2D eigenvalue weighted by Crippen LogP contribution is 2.59. The highest BCUT2D eigenvalue weighted by molar-refractivity contribution is 9.11. The van der Waals surface area contributed by atoms with Crippen molar-refractivity contribution in [3.63, 3.8) is 0 Å². The number of hydrogen-bond donors (Lipinski definition) is 3. The second-order valence-electron chi connectivity index (χ2n) is 23.6. The molecule has 0 aliphatic rings. The van der Waals surface area contributed by atoms with E-state index in [4.69, 9.17) is 4.98 Å². The van der Waals surface area contributed by atoms with E-state index in [1.807, 2.05) is 93.6 Å². The molecule has 0 atom stereocenters. The van der Waals surface area contributed by atoms with Gasteiger partial charge in [-0.2, -0.15) is 0 Å². The van der Waals surface area contributed by atoms with Gasteiger partial charge in [0, 0.05) is 27.8 Å². The van der Waals surface area contributed by atoms with Crippen LogP contribution in [0.4, 0.5) is 0 Å². The molecule has 2 aromatic heterocycles. The third-order valence-corrected chi connectivity index (χ3v) is 16.7. The van der Waals surface area contributed by atoms with Crippen LogP contribution in [0.1, 0.15) is 137 Å². The van der Waals surface area contributed by atoms with Gasteiger partial charge in [-0.05, 0) is 171 Å². The normalized spacial score (nSPS) is 12.0. The number of aromatic nitrogens is 2. The molecule has 0 saturated heterocycles. The lowest BCUT2D eigenvalue weighted by atomic mass is 9.83. The Labute approximate surface area is 459 Å². The fourth-order valence-electron chi connectivity index (χ4n) is 8.78. The molecule has 0 saturated carbocycles. The summed E-state index contributed by atoms with van der Waals surface area (Å²) in [6, 6.07) is 43.1. The summed E-state index contributed by atoms with van der Waals surface area (Å²) >= 11 is 9.78. The first-order chi connectivity index (χ1) is 33.1. The zero-order valence-electron chi connectivity index (χ0n) is 45.9. The van der Waals surface area contributed by atoms with Crippen LogP contribution in [0.5, 0.6) is 17.2 Å². The fraction of sp³-hybridized carbons (Fsp3) is 0.365. The van der Waals surface area contributed by atoms with E-state index in [-0.39, 0.29) is 35.7 Å². The molecule has 5 aromatic carbocycles. The van der Waals surface area contributed by atoms with E-state index in [1.54, 1.807) is 0 Å². The average Bonchev–Trinajstić information content (AvgIpc) is 3.25. The van der Waals surface area contributed by atoms with E-state index in [1.165, 1.54) is 16.4 Å². The Bertz CT molecular complexity index is 2820. The number of rotatable bonds is 4. The van der Waals surface area contributed by atoms with Crippen LogP contribution < -0.4 is 5.30 Å². The molecule has 7 rings (SSSR count). The highest BCUT2D eigenvalue weighted by Gasteiger charge is 2.37. The van der Waals surface area contributed by atoms with Crippen LogP contribution >= 0.6 is 55.7 Å². The molecule has 7 aromatic rings. The van der Waals surface area contributed by atoms with Crippen LogP contribution in [0.2, 0.25) is 0 Å². The molecule has 9 heteroatoms. The zero-order chi connectivity index (χ0) is 54.3. The maximum atomic E-state index is 11.0. The molecular formula is C63H78Br3N2O3P. The highest BCUT2D eigenvalue weighted by atomic mass is 79.9. The Kier molecular flexibility index (Phi) is 20.4. The molecule has 0 spiro atoms. The Morgan fingerprint density at radius 1 is 0.389 bits per heavy atom. The van der Waals surface area contributed by atoms with Crippen molar-refractivity contribution in [1.82, 2.24) is 9.97 Å². The summed E-state index contributed by atoms with van der Waals surface area (Å²) in [6.07, 6.45) is 0. The van der Waals surface area contributed by atoms with Gasteiger partial charge in [0.25, 0.3) is 0 Å². The first-order valence-electron chi connectivity index (χ1n) is 24.5. The quantitative estimate of drug-likeness (QED) is 0.121. The largest absolute Gasteiger partial charge is 0.507 e. The molecule has 3 N–H and O–H groups in total. The number of benzene rings is 5. The van der Waals surface area contributed by atoms with Crippen molar-refractivity contribution >= 4 is 61.0 Å². The van der Waals surface area contributed by atoms with Crippen molar-refractivity contribution in [3.05, 3.63) is 174 Å². The number of pyridine rings is 2. The molecule has 384 valence electrons. The van der Waals surface area contributed by atoms with Gasteiger partial charge in [-0.25, -0.2) is 9.97 Å². The number of nitrogens with zero attached hydrogens (tertiary/aromatic N) is 2. The Morgan fingerprint density at radius 3 is 1.15 bits per heavy atom. The van der Waals surface area contributed by atoms with E-state index < -0.39 is 0 Å². The van der Waals surface area contributed by atoms with Gasteiger partial charge in [0.1, 0.15) is 26.5 Å². The van der Waals surface area contributed by atoms with Crippen molar-refractivity contribution in [2.75, 3.05) is 0 Å². The minimum atomic E-state index is -0.282. The summed E-state index contributed by atoms with van der Waals surface area (Å²) in [5.74, 6) is 0.890. The summed E-state index contributed by atoms with van der Waals surface area (Å²) in [7, 11) is -0.282. The molecular weight excluding hydrogens is 1100 g/mol. The van der Waals surface area contributed by atoms with Crippen LogP contribution in [-0.4, -0.2) is 35.6 Å². The predicted molar refractivity (Wildman–Crippen MR) is 322 cm³/mol. The first kappa shape index (κ1) is 60.2. The number of aromatic hydroxyl groups is 3. The zero-order valence-corrected chi connectivity index (χ0v) is 51.6. The van der Waals surface area contributed by atoms with Crippen LogP contribution in [0, 0.1) is 20.8 Å². The topological polar surface area (TPSA) is 86.5 Å². The van der Waals surface area contributed by atoms with E-state index in [0.717, 1.165) is 47.1 Å². The fourth-order valence-corrected chi connectivity index (χ4v) is 14.4. The van der Waals surface area contributed by atoms with E-state index in [0.29, 0.717) is 38.6 Å². The molecule has 0 amide bonds. The monoisotopic (exact) mass is 1180 g/mol. The number of hydrogen-bond acceptors (Lipinski definition) is 5. The lowest BCUT2D eigenvalue weighted by Crippen LogP contribution is -2.31. The van der Waals surface area contributed by atoms with Gasteiger partial charge >= 0.3 is 0 Å². The summed E-state index contributed by atoms with van der Waals surface area (Å²) < 4.78 is 2.48. The maximum Gasteiger partial charge on any atom is 0.133 e.